The van der Waals surface area contributed by atoms with Crippen LogP contribution in [0.5, 0.6) is 11.5 Å². The minimum absolute atomic E-state index is 0.503. The van der Waals surface area contributed by atoms with E-state index in [1.54, 1.807) is 7.11 Å². The molecule has 1 aromatic heterocycles. The van der Waals surface area contributed by atoms with E-state index in [1.165, 1.54) is 16.8 Å². The first-order valence-electron chi connectivity index (χ1n) is 11.0. The van der Waals surface area contributed by atoms with Gasteiger partial charge < -0.3 is 9.47 Å². The Kier molecular flexibility index (Phi) is 5.90. The zero-order valence-electron chi connectivity index (χ0n) is 18.3. The van der Waals surface area contributed by atoms with Crippen molar-refractivity contribution in [2.24, 2.45) is 0 Å². The summed E-state index contributed by atoms with van der Waals surface area (Å²) in [7, 11) is 1.68. The summed E-state index contributed by atoms with van der Waals surface area (Å²) in [5.41, 5.74) is 6.99. The molecule has 0 atom stereocenters. The highest BCUT2D eigenvalue weighted by Crippen LogP contribution is 2.35. The molecule has 1 aliphatic rings. The third kappa shape index (κ3) is 4.39. The number of ether oxygens (including phenoxy) is 2. The van der Waals surface area contributed by atoms with Crippen molar-refractivity contribution in [1.29, 1.82) is 0 Å². The molecule has 0 unspecified atom stereocenters. The molecule has 1 aliphatic heterocycles. The summed E-state index contributed by atoms with van der Waals surface area (Å²) in [6, 6.07) is 26.8. The zero-order valence-corrected chi connectivity index (χ0v) is 18.3. The summed E-state index contributed by atoms with van der Waals surface area (Å²) in [4.78, 5) is 2.48. The monoisotopic (exact) mass is 425 g/mol. The Balaban J connectivity index is 1.35. The van der Waals surface area contributed by atoms with Gasteiger partial charge in [-0.25, -0.2) is 0 Å². The van der Waals surface area contributed by atoms with Crippen LogP contribution in [0.3, 0.4) is 0 Å². The molecule has 32 heavy (non-hydrogen) atoms. The fraction of sp³-hybridized carbons (Fsp3) is 0.222. The molecule has 0 radical (unpaired) electrons. The van der Waals surface area contributed by atoms with Gasteiger partial charge in [-0.3, -0.25) is 10.00 Å². The smallest absolute Gasteiger partial charge is 0.161 e. The molecule has 4 aromatic rings. The number of hydrogen-bond acceptors (Lipinski definition) is 4. The SMILES string of the molecule is COc1cc(-c2n[nH]c3c2CN(Cc2ccccc2)CC3)ccc1OCc1ccccc1. The van der Waals surface area contributed by atoms with Crippen LogP contribution in [0.2, 0.25) is 0 Å². The van der Waals surface area contributed by atoms with E-state index in [2.05, 4.69) is 63.6 Å². The van der Waals surface area contributed by atoms with E-state index in [0.29, 0.717) is 12.4 Å². The molecule has 5 nitrogen and oxygen atoms in total. The standard InChI is InChI=1S/C27H27N3O2/c1-31-26-16-22(12-13-25(26)32-19-21-10-6-3-7-11-21)27-23-18-30(15-14-24(23)28-29-27)17-20-8-4-2-5-9-20/h2-13,16H,14-15,17-19H2,1H3,(H,28,29). The van der Waals surface area contributed by atoms with Crippen molar-refractivity contribution < 1.29 is 9.47 Å². The van der Waals surface area contributed by atoms with Gasteiger partial charge >= 0.3 is 0 Å². The van der Waals surface area contributed by atoms with Gasteiger partial charge in [0, 0.05) is 42.9 Å². The van der Waals surface area contributed by atoms with E-state index in [9.17, 15) is 0 Å². The van der Waals surface area contributed by atoms with Crippen molar-refractivity contribution in [3.63, 3.8) is 0 Å². The average molecular weight is 426 g/mol. The van der Waals surface area contributed by atoms with E-state index in [4.69, 9.17) is 9.47 Å². The Morgan fingerprint density at radius 3 is 2.41 bits per heavy atom. The normalized spacial score (nSPS) is 13.5. The van der Waals surface area contributed by atoms with Gasteiger partial charge in [-0.1, -0.05) is 60.7 Å². The first-order valence-corrected chi connectivity index (χ1v) is 11.0. The number of nitrogens with zero attached hydrogens (tertiary/aromatic N) is 2. The number of rotatable bonds is 7. The molecule has 0 amide bonds. The van der Waals surface area contributed by atoms with Gasteiger partial charge in [0.2, 0.25) is 0 Å². The number of aromatic nitrogens is 2. The van der Waals surface area contributed by atoms with E-state index in [0.717, 1.165) is 48.6 Å². The largest absolute Gasteiger partial charge is 0.493 e. The summed E-state index contributed by atoms with van der Waals surface area (Å²) < 4.78 is 11.7. The van der Waals surface area contributed by atoms with Crippen molar-refractivity contribution in [2.45, 2.75) is 26.1 Å². The van der Waals surface area contributed by atoms with Crippen LogP contribution < -0.4 is 9.47 Å². The first-order chi connectivity index (χ1) is 15.8. The number of aromatic amines is 1. The average Bonchev–Trinajstić information content (AvgIpc) is 3.27. The highest BCUT2D eigenvalue weighted by atomic mass is 16.5. The van der Waals surface area contributed by atoms with Crippen LogP contribution in [-0.4, -0.2) is 28.8 Å². The molecule has 0 bridgehead atoms. The molecule has 0 spiro atoms. The number of nitrogens with one attached hydrogen (secondary N) is 1. The van der Waals surface area contributed by atoms with E-state index in [-0.39, 0.29) is 0 Å². The molecule has 5 rings (SSSR count). The van der Waals surface area contributed by atoms with Crippen LogP contribution in [0.25, 0.3) is 11.3 Å². The van der Waals surface area contributed by atoms with Crippen LogP contribution in [0, 0.1) is 0 Å². The summed E-state index contributed by atoms with van der Waals surface area (Å²) in [6.07, 6.45) is 0.977. The fourth-order valence-electron chi connectivity index (χ4n) is 4.24. The van der Waals surface area contributed by atoms with E-state index in [1.807, 2.05) is 30.3 Å². The summed E-state index contributed by atoms with van der Waals surface area (Å²) >= 11 is 0. The number of methoxy groups -OCH3 is 1. The highest BCUT2D eigenvalue weighted by molar-refractivity contribution is 5.68. The molecule has 0 aliphatic carbocycles. The van der Waals surface area contributed by atoms with Crippen molar-refractivity contribution in [3.05, 3.63) is 101 Å². The van der Waals surface area contributed by atoms with Gasteiger partial charge in [0.15, 0.2) is 11.5 Å². The lowest BCUT2D eigenvalue weighted by molar-refractivity contribution is 0.245. The second kappa shape index (κ2) is 9.28. The molecule has 5 heteroatoms. The molecule has 2 heterocycles. The van der Waals surface area contributed by atoms with Crippen LogP contribution in [0.1, 0.15) is 22.4 Å². The Bertz CT molecular complexity index is 1170. The maximum atomic E-state index is 6.02. The minimum Gasteiger partial charge on any atom is -0.493 e. The predicted molar refractivity (Wildman–Crippen MR) is 126 cm³/mol. The third-order valence-corrected chi connectivity index (χ3v) is 5.94. The molecule has 0 saturated carbocycles. The van der Waals surface area contributed by atoms with E-state index < -0.39 is 0 Å². The van der Waals surface area contributed by atoms with Crippen LogP contribution >= 0.6 is 0 Å². The molecule has 3 aromatic carbocycles. The Morgan fingerprint density at radius 2 is 1.66 bits per heavy atom. The Hall–Kier alpha value is -3.57. The summed E-state index contributed by atoms with van der Waals surface area (Å²) in [6.45, 7) is 3.35. The molecular formula is C27H27N3O2. The van der Waals surface area contributed by atoms with Gasteiger partial charge in [0.25, 0.3) is 0 Å². The lowest BCUT2D eigenvalue weighted by Crippen LogP contribution is -2.29. The molecule has 0 saturated heterocycles. The Morgan fingerprint density at radius 1 is 0.906 bits per heavy atom. The summed E-state index contributed by atoms with van der Waals surface area (Å²) in [5, 5.41) is 7.92. The van der Waals surface area contributed by atoms with Gasteiger partial charge in [0.1, 0.15) is 6.61 Å². The topological polar surface area (TPSA) is 50.4 Å². The predicted octanol–water partition coefficient (Wildman–Crippen LogP) is 5.22. The van der Waals surface area contributed by atoms with E-state index >= 15 is 0 Å². The fourth-order valence-corrected chi connectivity index (χ4v) is 4.24. The van der Waals surface area contributed by atoms with Crippen molar-refractivity contribution in [2.75, 3.05) is 13.7 Å². The minimum atomic E-state index is 0.503. The van der Waals surface area contributed by atoms with Crippen molar-refractivity contribution in [3.8, 4) is 22.8 Å². The quantitative estimate of drug-likeness (QED) is 0.441. The zero-order chi connectivity index (χ0) is 21.8. The number of H-pyrrole nitrogens is 1. The van der Waals surface area contributed by atoms with Crippen LogP contribution in [0.15, 0.2) is 78.9 Å². The number of hydrogen-bond donors (Lipinski definition) is 1. The second-order valence-electron chi connectivity index (χ2n) is 8.12. The lowest BCUT2D eigenvalue weighted by atomic mass is 10.00. The van der Waals surface area contributed by atoms with Gasteiger partial charge in [-0.2, -0.15) is 5.10 Å². The van der Waals surface area contributed by atoms with Crippen molar-refractivity contribution >= 4 is 0 Å². The lowest BCUT2D eigenvalue weighted by Gasteiger charge is -2.27. The first kappa shape index (κ1) is 20.3. The van der Waals surface area contributed by atoms with Crippen LogP contribution in [0.4, 0.5) is 0 Å². The number of fused-ring (bicyclic) bond motifs is 1. The molecule has 162 valence electrons. The van der Waals surface area contributed by atoms with Crippen LogP contribution in [-0.2, 0) is 26.1 Å². The molecule has 0 fully saturated rings. The van der Waals surface area contributed by atoms with Gasteiger partial charge in [0.05, 0.1) is 12.8 Å². The molecular weight excluding hydrogens is 398 g/mol. The number of benzene rings is 3. The summed E-state index contributed by atoms with van der Waals surface area (Å²) in [5.74, 6) is 1.45. The van der Waals surface area contributed by atoms with Crippen molar-refractivity contribution in [1.82, 2.24) is 15.1 Å². The maximum absolute atomic E-state index is 6.02. The molecule has 1 N–H and O–H groups in total. The highest BCUT2D eigenvalue weighted by Gasteiger charge is 2.23. The van der Waals surface area contributed by atoms with Gasteiger partial charge in [-0.15, -0.1) is 0 Å². The maximum Gasteiger partial charge on any atom is 0.161 e. The third-order valence-electron chi connectivity index (χ3n) is 5.94. The second-order valence-corrected chi connectivity index (χ2v) is 8.12. The van der Waals surface area contributed by atoms with Gasteiger partial charge in [-0.05, 0) is 29.3 Å². The Labute approximate surface area is 188 Å².